The molecule has 0 aromatic heterocycles. The molecule has 1 fully saturated rings. The topological polar surface area (TPSA) is 67.3 Å². The van der Waals surface area contributed by atoms with Crippen LogP contribution in [0, 0.1) is 0 Å². The van der Waals surface area contributed by atoms with Gasteiger partial charge in [0.2, 0.25) is 0 Å². The van der Waals surface area contributed by atoms with Gasteiger partial charge in [-0.05, 0) is 35.9 Å². The van der Waals surface area contributed by atoms with Crippen LogP contribution in [0.4, 0.5) is 17.1 Å². The minimum Gasteiger partial charge on any atom is -0.399 e. The summed E-state index contributed by atoms with van der Waals surface area (Å²) in [6.07, 6.45) is 0. The van der Waals surface area contributed by atoms with Gasteiger partial charge in [-0.15, -0.1) is 0 Å². The number of nitrogens with one attached hydrogen (secondary N) is 1. The Morgan fingerprint density at radius 3 is 2.50 bits per heavy atom. The van der Waals surface area contributed by atoms with Crippen LogP contribution < -0.4 is 21.7 Å². The van der Waals surface area contributed by atoms with Gasteiger partial charge in [0.05, 0.1) is 6.04 Å². The number of hydrogen-bond donors (Lipinski definition) is 3. The number of nitrogens with two attached hydrogens (primary N) is 2. The second-order valence-electron chi connectivity index (χ2n) is 5.18. The van der Waals surface area contributed by atoms with Crippen molar-refractivity contribution in [1.29, 1.82) is 0 Å². The molecule has 1 saturated heterocycles. The molecule has 0 spiro atoms. The standard InChI is InChI=1S/C16H20N4/c17-13-4-1-3-12(9-13)16-11-19-7-8-20(16)15-6-2-5-14(18)10-15/h1-6,9-10,16,19H,7-8,11,17-18H2. The summed E-state index contributed by atoms with van der Waals surface area (Å²) in [6, 6.07) is 16.5. The molecule has 4 nitrogen and oxygen atoms in total. The molecule has 20 heavy (non-hydrogen) atoms. The van der Waals surface area contributed by atoms with Crippen molar-refractivity contribution < 1.29 is 0 Å². The lowest BCUT2D eigenvalue weighted by Gasteiger charge is -2.38. The van der Waals surface area contributed by atoms with Gasteiger partial charge in [0.25, 0.3) is 0 Å². The lowest BCUT2D eigenvalue weighted by Crippen LogP contribution is -2.46. The predicted molar refractivity (Wildman–Crippen MR) is 84.7 cm³/mol. The van der Waals surface area contributed by atoms with Crippen LogP contribution in [0.15, 0.2) is 48.5 Å². The van der Waals surface area contributed by atoms with E-state index in [1.54, 1.807) is 0 Å². The number of piperazine rings is 1. The summed E-state index contributed by atoms with van der Waals surface area (Å²) < 4.78 is 0. The van der Waals surface area contributed by atoms with E-state index in [1.807, 2.05) is 30.3 Å². The minimum absolute atomic E-state index is 0.286. The van der Waals surface area contributed by atoms with E-state index in [0.29, 0.717) is 0 Å². The third-order valence-electron chi connectivity index (χ3n) is 3.74. The maximum Gasteiger partial charge on any atom is 0.0668 e. The Labute approximate surface area is 119 Å². The summed E-state index contributed by atoms with van der Waals surface area (Å²) in [5.74, 6) is 0. The SMILES string of the molecule is Nc1cccc(C2CNCCN2c2cccc(N)c2)c1. The summed E-state index contributed by atoms with van der Waals surface area (Å²) in [5, 5.41) is 3.45. The zero-order chi connectivity index (χ0) is 13.9. The molecule has 0 bridgehead atoms. The van der Waals surface area contributed by atoms with E-state index >= 15 is 0 Å². The molecular weight excluding hydrogens is 248 g/mol. The third kappa shape index (κ3) is 2.56. The van der Waals surface area contributed by atoms with E-state index in [2.05, 4.69) is 28.4 Å². The first kappa shape index (κ1) is 12.8. The minimum atomic E-state index is 0.286. The molecule has 1 atom stereocenters. The zero-order valence-electron chi connectivity index (χ0n) is 11.4. The molecule has 2 aromatic rings. The lowest BCUT2D eigenvalue weighted by molar-refractivity contribution is 0.490. The van der Waals surface area contributed by atoms with Gasteiger partial charge in [0.15, 0.2) is 0 Å². The average molecular weight is 268 g/mol. The second kappa shape index (κ2) is 5.43. The van der Waals surface area contributed by atoms with Crippen molar-refractivity contribution in [3.8, 4) is 0 Å². The van der Waals surface area contributed by atoms with Crippen molar-refractivity contribution in [2.75, 3.05) is 36.0 Å². The van der Waals surface area contributed by atoms with E-state index in [-0.39, 0.29) is 6.04 Å². The van der Waals surface area contributed by atoms with Crippen LogP contribution in [-0.4, -0.2) is 19.6 Å². The van der Waals surface area contributed by atoms with Crippen LogP contribution in [0.5, 0.6) is 0 Å². The normalized spacial score (nSPS) is 19.0. The quantitative estimate of drug-likeness (QED) is 0.729. The van der Waals surface area contributed by atoms with Gasteiger partial charge >= 0.3 is 0 Å². The van der Waals surface area contributed by atoms with E-state index in [0.717, 1.165) is 31.0 Å². The maximum absolute atomic E-state index is 5.91. The smallest absolute Gasteiger partial charge is 0.0668 e. The highest BCUT2D eigenvalue weighted by Crippen LogP contribution is 2.30. The van der Waals surface area contributed by atoms with Crippen LogP contribution in [-0.2, 0) is 0 Å². The highest BCUT2D eigenvalue weighted by atomic mass is 15.2. The zero-order valence-corrected chi connectivity index (χ0v) is 11.4. The molecule has 2 aromatic carbocycles. The largest absolute Gasteiger partial charge is 0.399 e. The molecular formula is C16H20N4. The molecule has 1 heterocycles. The highest BCUT2D eigenvalue weighted by molar-refractivity contribution is 5.58. The van der Waals surface area contributed by atoms with Gasteiger partial charge in [0.1, 0.15) is 0 Å². The van der Waals surface area contributed by atoms with Gasteiger partial charge in [-0.3, -0.25) is 0 Å². The van der Waals surface area contributed by atoms with Gasteiger partial charge in [-0.2, -0.15) is 0 Å². The van der Waals surface area contributed by atoms with Crippen LogP contribution in [0.1, 0.15) is 11.6 Å². The summed E-state index contributed by atoms with van der Waals surface area (Å²) in [7, 11) is 0. The Hall–Kier alpha value is -2.20. The summed E-state index contributed by atoms with van der Waals surface area (Å²) in [6.45, 7) is 2.86. The van der Waals surface area contributed by atoms with Crippen LogP contribution in [0.2, 0.25) is 0 Å². The van der Waals surface area contributed by atoms with Gasteiger partial charge in [-0.1, -0.05) is 18.2 Å². The Morgan fingerprint density at radius 1 is 1.00 bits per heavy atom. The first-order chi connectivity index (χ1) is 9.74. The van der Waals surface area contributed by atoms with Crippen molar-refractivity contribution in [3.63, 3.8) is 0 Å². The third-order valence-corrected chi connectivity index (χ3v) is 3.74. The van der Waals surface area contributed by atoms with Gasteiger partial charge < -0.3 is 21.7 Å². The Kier molecular flexibility index (Phi) is 3.48. The van der Waals surface area contributed by atoms with Crippen LogP contribution in [0.3, 0.4) is 0 Å². The molecule has 0 amide bonds. The molecule has 104 valence electrons. The Bertz CT molecular complexity index is 543. The molecule has 3 rings (SSSR count). The number of rotatable bonds is 2. The maximum atomic E-state index is 5.91. The predicted octanol–water partition coefficient (Wildman–Crippen LogP) is 2.00. The van der Waals surface area contributed by atoms with Crippen molar-refractivity contribution in [2.45, 2.75) is 6.04 Å². The highest BCUT2D eigenvalue weighted by Gasteiger charge is 2.24. The number of anilines is 3. The Morgan fingerprint density at radius 2 is 1.75 bits per heavy atom. The molecule has 5 N–H and O–H groups in total. The van der Waals surface area contributed by atoms with Crippen molar-refractivity contribution in [2.24, 2.45) is 0 Å². The Balaban J connectivity index is 1.95. The lowest BCUT2D eigenvalue weighted by atomic mass is 10.0. The number of benzene rings is 2. The number of hydrogen-bond acceptors (Lipinski definition) is 4. The van der Waals surface area contributed by atoms with Crippen molar-refractivity contribution in [1.82, 2.24) is 5.32 Å². The van der Waals surface area contributed by atoms with E-state index in [9.17, 15) is 0 Å². The van der Waals surface area contributed by atoms with Crippen LogP contribution >= 0.6 is 0 Å². The first-order valence-corrected chi connectivity index (χ1v) is 6.92. The second-order valence-corrected chi connectivity index (χ2v) is 5.18. The molecule has 1 aliphatic heterocycles. The number of nitrogen functional groups attached to an aromatic ring is 2. The molecule has 1 aliphatic rings. The molecule has 4 heteroatoms. The van der Waals surface area contributed by atoms with Crippen molar-refractivity contribution in [3.05, 3.63) is 54.1 Å². The van der Waals surface area contributed by atoms with E-state index < -0.39 is 0 Å². The fourth-order valence-corrected chi connectivity index (χ4v) is 2.78. The fraction of sp³-hybridized carbons (Fsp3) is 0.250. The molecule has 0 saturated carbocycles. The van der Waals surface area contributed by atoms with Crippen molar-refractivity contribution >= 4 is 17.1 Å². The summed E-state index contributed by atoms with van der Waals surface area (Å²) >= 11 is 0. The number of nitrogens with zero attached hydrogens (tertiary/aromatic N) is 1. The van der Waals surface area contributed by atoms with E-state index in [1.165, 1.54) is 11.3 Å². The first-order valence-electron chi connectivity index (χ1n) is 6.92. The fourth-order valence-electron chi connectivity index (χ4n) is 2.78. The molecule has 0 radical (unpaired) electrons. The van der Waals surface area contributed by atoms with Gasteiger partial charge in [0, 0.05) is 36.7 Å². The van der Waals surface area contributed by atoms with Gasteiger partial charge in [-0.25, -0.2) is 0 Å². The molecule has 1 unspecified atom stereocenters. The molecule has 0 aliphatic carbocycles. The summed E-state index contributed by atoms with van der Waals surface area (Å²) in [4.78, 5) is 2.39. The average Bonchev–Trinajstić information content (AvgIpc) is 2.47. The van der Waals surface area contributed by atoms with Crippen LogP contribution in [0.25, 0.3) is 0 Å². The summed E-state index contributed by atoms with van der Waals surface area (Å²) in [5.41, 5.74) is 15.8. The van der Waals surface area contributed by atoms with E-state index in [4.69, 9.17) is 11.5 Å². The monoisotopic (exact) mass is 268 g/mol.